The van der Waals surface area contributed by atoms with Crippen molar-refractivity contribution in [1.82, 2.24) is 4.98 Å². The van der Waals surface area contributed by atoms with E-state index in [-0.39, 0.29) is 5.22 Å². The Kier molecular flexibility index (Phi) is 4.36. The summed E-state index contributed by atoms with van der Waals surface area (Å²) >= 11 is 1.17. The molecule has 2 aromatic carbocycles. The number of hydrogen-bond acceptors (Lipinski definition) is 4. The van der Waals surface area contributed by atoms with E-state index in [1.54, 1.807) is 12.1 Å². The van der Waals surface area contributed by atoms with Crippen LogP contribution in [0, 0.1) is 6.92 Å². The highest BCUT2D eigenvalue weighted by Gasteiger charge is 2.29. The van der Waals surface area contributed by atoms with Gasteiger partial charge in [-0.1, -0.05) is 36.0 Å². The van der Waals surface area contributed by atoms with Gasteiger partial charge in [-0.05, 0) is 36.2 Å². The molecule has 1 aromatic heterocycles. The van der Waals surface area contributed by atoms with Crippen molar-refractivity contribution in [2.45, 2.75) is 24.1 Å². The van der Waals surface area contributed by atoms with E-state index in [1.165, 1.54) is 23.9 Å². The number of aryl methyl sites for hydroxylation is 1. The maximum Gasteiger partial charge on any atom is 0.416 e. The number of thioether (sulfide) groups is 1. The normalized spacial score (nSPS) is 11.8. The molecule has 0 atom stereocenters. The summed E-state index contributed by atoms with van der Waals surface area (Å²) in [6.45, 7) is 1.85. The van der Waals surface area contributed by atoms with Crippen LogP contribution >= 0.6 is 11.8 Å². The Balaban J connectivity index is 1.81. The lowest BCUT2D eigenvalue weighted by molar-refractivity contribution is -0.137. The van der Waals surface area contributed by atoms with Crippen molar-refractivity contribution >= 4 is 22.7 Å². The topological polar surface area (TPSA) is 43.1 Å². The standard InChI is InChI=1S/C17H12F3NO2S/c1-10-3-2-4-13-14(10)21-16(23-15(13)22)24-9-11-5-7-12(8-6-11)17(18,19)20/h2-8H,9H2,1H3. The van der Waals surface area contributed by atoms with Crippen molar-refractivity contribution in [3.63, 3.8) is 0 Å². The Bertz CT molecular complexity index is 933. The van der Waals surface area contributed by atoms with Crippen molar-refractivity contribution in [2.75, 3.05) is 0 Å². The molecule has 0 aliphatic heterocycles. The molecule has 1 heterocycles. The lowest BCUT2D eigenvalue weighted by Crippen LogP contribution is -2.04. The van der Waals surface area contributed by atoms with Crippen LogP contribution in [0.1, 0.15) is 16.7 Å². The molecule has 3 aromatic rings. The molecule has 0 fully saturated rings. The zero-order valence-corrected chi connectivity index (χ0v) is 13.4. The summed E-state index contributed by atoms with van der Waals surface area (Å²) in [7, 11) is 0. The van der Waals surface area contributed by atoms with Crippen LogP contribution in [-0.4, -0.2) is 4.98 Å². The summed E-state index contributed by atoms with van der Waals surface area (Å²) in [5.41, 5.74) is 0.948. The van der Waals surface area contributed by atoms with Gasteiger partial charge in [0.25, 0.3) is 5.22 Å². The zero-order chi connectivity index (χ0) is 17.3. The Morgan fingerprint density at radius 1 is 1.12 bits per heavy atom. The highest BCUT2D eigenvalue weighted by molar-refractivity contribution is 7.98. The minimum atomic E-state index is -4.35. The number of aromatic nitrogens is 1. The summed E-state index contributed by atoms with van der Waals surface area (Å²) < 4.78 is 42.8. The van der Waals surface area contributed by atoms with E-state index >= 15 is 0 Å². The largest absolute Gasteiger partial charge is 0.416 e. The summed E-state index contributed by atoms with van der Waals surface area (Å²) in [5, 5.41) is 0.607. The molecule has 3 rings (SSSR count). The van der Waals surface area contributed by atoms with Crippen LogP contribution < -0.4 is 5.63 Å². The molecule has 124 valence electrons. The molecule has 0 unspecified atom stereocenters. The van der Waals surface area contributed by atoms with E-state index in [0.29, 0.717) is 22.2 Å². The van der Waals surface area contributed by atoms with Gasteiger partial charge in [0, 0.05) is 5.75 Å². The van der Waals surface area contributed by atoms with Crippen LogP contribution in [0.5, 0.6) is 0 Å². The van der Waals surface area contributed by atoms with Gasteiger partial charge in [0.1, 0.15) is 0 Å². The van der Waals surface area contributed by atoms with E-state index in [1.807, 2.05) is 13.0 Å². The number of nitrogens with zero attached hydrogens (tertiary/aromatic N) is 1. The molecule has 7 heteroatoms. The zero-order valence-electron chi connectivity index (χ0n) is 12.6. The van der Waals surface area contributed by atoms with Crippen LogP contribution in [0.3, 0.4) is 0 Å². The fraction of sp³-hybridized carbons (Fsp3) is 0.176. The van der Waals surface area contributed by atoms with Gasteiger partial charge >= 0.3 is 11.8 Å². The Labute approximate surface area is 139 Å². The molecular formula is C17H12F3NO2S. The van der Waals surface area contributed by atoms with Crippen LogP contribution in [0.2, 0.25) is 0 Å². The average Bonchev–Trinajstić information content (AvgIpc) is 2.53. The fourth-order valence-corrected chi connectivity index (χ4v) is 2.99. The molecule has 0 aliphatic carbocycles. The number of fused-ring (bicyclic) bond motifs is 1. The molecule has 0 saturated carbocycles. The number of benzene rings is 2. The van der Waals surface area contributed by atoms with Crippen molar-refractivity contribution in [2.24, 2.45) is 0 Å². The molecular weight excluding hydrogens is 339 g/mol. The monoisotopic (exact) mass is 351 g/mol. The third-order valence-electron chi connectivity index (χ3n) is 3.48. The number of alkyl halides is 3. The summed E-state index contributed by atoms with van der Waals surface area (Å²) in [5.74, 6) is 0.353. The van der Waals surface area contributed by atoms with E-state index in [9.17, 15) is 18.0 Å². The summed E-state index contributed by atoms with van der Waals surface area (Å²) in [4.78, 5) is 16.3. The van der Waals surface area contributed by atoms with Crippen molar-refractivity contribution in [3.05, 3.63) is 69.6 Å². The first kappa shape index (κ1) is 16.6. The van der Waals surface area contributed by atoms with Gasteiger partial charge in [0.2, 0.25) is 0 Å². The van der Waals surface area contributed by atoms with Crippen molar-refractivity contribution in [3.8, 4) is 0 Å². The second kappa shape index (κ2) is 6.32. The lowest BCUT2D eigenvalue weighted by Gasteiger charge is -2.07. The molecule has 0 saturated heterocycles. The van der Waals surface area contributed by atoms with E-state index in [4.69, 9.17) is 4.42 Å². The Hall–Kier alpha value is -2.28. The number of rotatable bonds is 3. The maximum atomic E-state index is 12.5. The molecule has 3 nitrogen and oxygen atoms in total. The molecule has 0 radical (unpaired) electrons. The van der Waals surface area contributed by atoms with E-state index in [0.717, 1.165) is 17.7 Å². The molecule has 0 aliphatic rings. The van der Waals surface area contributed by atoms with Gasteiger partial charge in [-0.2, -0.15) is 13.2 Å². The second-order valence-corrected chi connectivity index (χ2v) is 6.15. The predicted octanol–water partition coefficient (Wildman–Crippen LogP) is 4.81. The van der Waals surface area contributed by atoms with Gasteiger partial charge < -0.3 is 4.42 Å². The fourth-order valence-electron chi connectivity index (χ4n) is 2.22. The highest BCUT2D eigenvalue weighted by atomic mass is 32.2. The molecule has 24 heavy (non-hydrogen) atoms. The number of halogens is 3. The van der Waals surface area contributed by atoms with Crippen LogP contribution in [0.4, 0.5) is 13.2 Å². The molecule has 0 amide bonds. The van der Waals surface area contributed by atoms with E-state index in [2.05, 4.69) is 4.98 Å². The van der Waals surface area contributed by atoms with E-state index < -0.39 is 17.4 Å². The smallest absolute Gasteiger partial charge is 0.397 e. The highest BCUT2D eigenvalue weighted by Crippen LogP contribution is 2.30. The van der Waals surface area contributed by atoms with Crippen LogP contribution in [0.15, 0.2) is 56.9 Å². The van der Waals surface area contributed by atoms with Crippen molar-refractivity contribution < 1.29 is 17.6 Å². The first-order valence-electron chi connectivity index (χ1n) is 7.04. The molecule has 0 N–H and O–H groups in total. The first-order valence-corrected chi connectivity index (χ1v) is 8.02. The summed E-state index contributed by atoms with van der Waals surface area (Å²) in [6.07, 6.45) is -4.35. The SMILES string of the molecule is Cc1cccc2c(=O)oc(SCc3ccc(C(F)(F)F)cc3)nc12. The second-order valence-electron chi connectivity index (χ2n) is 5.22. The quantitative estimate of drug-likeness (QED) is 0.635. The Morgan fingerprint density at radius 2 is 1.83 bits per heavy atom. The average molecular weight is 351 g/mol. The molecule has 0 bridgehead atoms. The van der Waals surface area contributed by atoms with Gasteiger partial charge in [0.05, 0.1) is 16.5 Å². The molecule has 0 spiro atoms. The van der Waals surface area contributed by atoms with Gasteiger partial charge in [0.15, 0.2) is 0 Å². The lowest BCUT2D eigenvalue weighted by atomic mass is 10.1. The van der Waals surface area contributed by atoms with Gasteiger partial charge in [-0.3, -0.25) is 0 Å². The maximum absolute atomic E-state index is 12.5. The number of para-hydroxylation sites is 1. The number of hydrogen-bond donors (Lipinski definition) is 0. The third-order valence-corrected chi connectivity index (χ3v) is 4.38. The van der Waals surface area contributed by atoms with Crippen molar-refractivity contribution in [1.29, 1.82) is 0 Å². The van der Waals surface area contributed by atoms with Gasteiger partial charge in [-0.25, -0.2) is 9.78 Å². The summed E-state index contributed by atoms with van der Waals surface area (Å²) in [6, 6.07) is 10.1. The Morgan fingerprint density at radius 3 is 2.50 bits per heavy atom. The minimum absolute atomic E-state index is 0.196. The third kappa shape index (κ3) is 3.46. The van der Waals surface area contributed by atoms with Crippen LogP contribution in [-0.2, 0) is 11.9 Å². The predicted molar refractivity (Wildman–Crippen MR) is 86.0 cm³/mol. The van der Waals surface area contributed by atoms with Crippen LogP contribution in [0.25, 0.3) is 10.9 Å². The van der Waals surface area contributed by atoms with Gasteiger partial charge in [-0.15, -0.1) is 0 Å². The minimum Gasteiger partial charge on any atom is -0.397 e. The first-order chi connectivity index (χ1) is 11.3.